The number of esters is 1. The van der Waals surface area contributed by atoms with Crippen LogP contribution in [0.5, 0.6) is 0 Å². The van der Waals surface area contributed by atoms with Crippen LogP contribution in [0.2, 0.25) is 0 Å². The van der Waals surface area contributed by atoms with Gasteiger partial charge in [-0.05, 0) is 45.4 Å². The van der Waals surface area contributed by atoms with Gasteiger partial charge in [0.1, 0.15) is 12.1 Å². The predicted octanol–water partition coefficient (Wildman–Crippen LogP) is 1.70. The highest BCUT2D eigenvalue weighted by Crippen LogP contribution is 2.43. The number of guanidine groups is 1. The molecule has 0 amide bonds. The van der Waals surface area contributed by atoms with Crippen LogP contribution in [0, 0.1) is 5.41 Å². The van der Waals surface area contributed by atoms with Crippen LogP contribution in [0.4, 0.5) is 0 Å². The zero-order valence-electron chi connectivity index (χ0n) is 14.6. The van der Waals surface area contributed by atoms with E-state index >= 15 is 0 Å². The Balaban J connectivity index is 2.35. The minimum Gasteiger partial charge on any atom is -0.459 e. The summed E-state index contributed by atoms with van der Waals surface area (Å²) >= 11 is 0. The quantitative estimate of drug-likeness (QED) is 0.425. The van der Waals surface area contributed by atoms with Crippen LogP contribution in [0.3, 0.4) is 0 Å². The van der Waals surface area contributed by atoms with E-state index in [-0.39, 0.29) is 12.5 Å². The van der Waals surface area contributed by atoms with Gasteiger partial charge in [-0.15, -0.1) is 0 Å². The van der Waals surface area contributed by atoms with Gasteiger partial charge in [0.15, 0.2) is 5.96 Å². The van der Waals surface area contributed by atoms with E-state index in [2.05, 4.69) is 15.6 Å². The van der Waals surface area contributed by atoms with Crippen LogP contribution in [-0.2, 0) is 14.3 Å². The molecule has 0 spiro atoms. The van der Waals surface area contributed by atoms with Crippen molar-refractivity contribution in [2.75, 3.05) is 33.9 Å². The number of carbonyl (C=O) groups is 1. The molecule has 2 N–H and O–H groups in total. The summed E-state index contributed by atoms with van der Waals surface area (Å²) in [5.41, 5.74) is -0.161. The lowest BCUT2D eigenvalue weighted by atomic mass is 9.67. The van der Waals surface area contributed by atoms with E-state index in [1.165, 1.54) is 19.3 Å². The lowest BCUT2D eigenvalue weighted by molar-refractivity contribution is -0.153. The number of hydrogen-bond donors (Lipinski definition) is 2. The Morgan fingerprint density at radius 3 is 2.41 bits per heavy atom. The molecular weight excluding hydrogens is 282 g/mol. The van der Waals surface area contributed by atoms with Gasteiger partial charge in [-0.1, -0.05) is 6.42 Å². The Kier molecular flexibility index (Phi) is 7.13. The summed E-state index contributed by atoms with van der Waals surface area (Å²) in [5.74, 6) is 0.350. The van der Waals surface area contributed by atoms with Gasteiger partial charge >= 0.3 is 5.97 Å². The molecule has 0 bridgehead atoms. The molecule has 1 fully saturated rings. The standard InChI is InChI=1S/C16H31N3O3/c1-15(2,3)22-13(20)11-18-14(17-4)19-12-16(7-6-8-16)9-10-21-5/h6-12H2,1-5H3,(H2,17,18,19). The van der Waals surface area contributed by atoms with Gasteiger partial charge in [0.25, 0.3) is 0 Å². The van der Waals surface area contributed by atoms with Crippen molar-refractivity contribution in [1.29, 1.82) is 0 Å². The van der Waals surface area contributed by atoms with Gasteiger partial charge in [0.2, 0.25) is 0 Å². The fourth-order valence-electron chi connectivity index (χ4n) is 2.54. The van der Waals surface area contributed by atoms with Crippen LogP contribution in [0.25, 0.3) is 0 Å². The summed E-state index contributed by atoms with van der Waals surface area (Å²) in [7, 11) is 3.44. The van der Waals surface area contributed by atoms with Gasteiger partial charge in [-0.3, -0.25) is 9.79 Å². The Hall–Kier alpha value is -1.30. The minimum absolute atomic E-state index is 0.113. The van der Waals surface area contributed by atoms with Crippen molar-refractivity contribution in [2.24, 2.45) is 10.4 Å². The number of methoxy groups -OCH3 is 1. The van der Waals surface area contributed by atoms with Crippen molar-refractivity contribution in [3.63, 3.8) is 0 Å². The Labute approximate surface area is 134 Å². The maximum atomic E-state index is 11.7. The molecule has 1 aliphatic carbocycles. The molecule has 0 atom stereocenters. The molecule has 0 saturated heterocycles. The van der Waals surface area contributed by atoms with Crippen LogP contribution in [0.1, 0.15) is 46.5 Å². The molecule has 1 rings (SSSR count). The summed E-state index contributed by atoms with van der Waals surface area (Å²) < 4.78 is 10.5. The zero-order valence-corrected chi connectivity index (χ0v) is 14.6. The maximum Gasteiger partial charge on any atom is 0.325 e. The topological polar surface area (TPSA) is 72.0 Å². The molecule has 1 aliphatic rings. The summed E-state index contributed by atoms with van der Waals surface area (Å²) in [6.07, 6.45) is 4.76. The van der Waals surface area contributed by atoms with Crippen molar-refractivity contribution >= 4 is 11.9 Å². The second-order valence-electron chi connectivity index (χ2n) is 6.96. The second kappa shape index (κ2) is 8.36. The van der Waals surface area contributed by atoms with E-state index < -0.39 is 5.60 Å². The highest BCUT2D eigenvalue weighted by atomic mass is 16.6. The molecule has 6 nitrogen and oxygen atoms in total. The normalized spacial score (nSPS) is 17.6. The van der Waals surface area contributed by atoms with Gasteiger partial charge in [0, 0.05) is 27.3 Å². The number of nitrogens with one attached hydrogen (secondary N) is 2. The fourth-order valence-corrected chi connectivity index (χ4v) is 2.54. The molecule has 0 heterocycles. The lowest BCUT2D eigenvalue weighted by Crippen LogP contribution is -2.48. The van der Waals surface area contributed by atoms with Crippen molar-refractivity contribution in [2.45, 2.75) is 52.1 Å². The molecule has 0 aliphatic heterocycles. The summed E-state index contributed by atoms with van der Waals surface area (Å²) in [4.78, 5) is 15.9. The first-order valence-electron chi connectivity index (χ1n) is 7.95. The van der Waals surface area contributed by atoms with Crippen LogP contribution in [-0.4, -0.2) is 51.4 Å². The van der Waals surface area contributed by atoms with Crippen molar-refractivity contribution in [3.05, 3.63) is 0 Å². The van der Waals surface area contributed by atoms with Crippen molar-refractivity contribution in [3.8, 4) is 0 Å². The van der Waals surface area contributed by atoms with Crippen LogP contribution in [0.15, 0.2) is 4.99 Å². The number of hydrogen-bond acceptors (Lipinski definition) is 4. The number of aliphatic imine (C=N–C) groups is 1. The predicted molar refractivity (Wildman–Crippen MR) is 88.0 cm³/mol. The lowest BCUT2D eigenvalue weighted by Gasteiger charge is -2.42. The van der Waals surface area contributed by atoms with E-state index in [0.717, 1.165) is 19.6 Å². The summed E-state index contributed by atoms with van der Waals surface area (Å²) in [5, 5.41) is 6.32. The molecular formula is C16H31N3O3. The molecule has 6 heteroatoms. The van der Waals surface area contributed by atoms with Gasteiger partial charge in [-0.2, -0.15) is 0 Å². The number of rotatable bonds is 7. The van der Waals surface area contributed by atoms with E-state index in [1.807, 2.05) is 20.8 Å². The molecule has 1 saturated carbocycles. The monoisotopic (exact) mass is 313 g/mol. The van der Waals surface area contributed by atoms with Gasteiger partial charge in [-0.25, -0.2) is 0 Å². The molecule has 0 unspecified atom stereocenters. The summed E-state index contributed by atoms with van der Waals surface area (Å²) in [6, 6.07) is 0. The van der Waals surface area contributed by atoms with E-state index in [4.69, 9.17) is 9.47 Å². The number of nitrogens with zero attached hydrogens (tertiary/aromatic N) is 1. The largest absolute Gasteiger partial charge is 0.459 e. The van der Waals surface area contributed by atoms with E-state index in [9.17, 15) is 4.79 Å². The maximum absolute atomic E-state index is 11.7. The Bertz CT molecular complexity index is 385. The van der Waals surface area contributed by atoms with E-state index in [0.29, 0.717) is 11.4 Å². The van der Waals surface area contributed by atoms with Crippen molar-refractivity contribution < 1.29 is 14.3 Å². The average molecular weight is 313 g/mol. The highest BCUT2D eigenvalue weighted by Gasteiger charge is 2.36. The first-order chi connectivity index (χ1) is 10.3. The first kappa shape index (κ1) is 18.7. The van der Waals surface area contributed by atoms with Crippen LogP contribution < -0.4 is 10.6 Å². The minimum atomic E-state index is -0.466. The Morgan fingerprint density at radius 2 is 1.95 bits per heavy atom. The van der Waals surface area contributed by atoms with Gasteiger partial charge < -0.3 is 20.1 Å². The molecule has 22 heavy (non-hydrogen) atoms. The second-order valence-corrected chi connectivity index (χ2v) is 6.96. The Morgan fingerprint density at radius 1 is 1.27 bits per heavy atom. The SMILES string of the molecule is CN=C(NCC(=O)OC(C)(C)C)NCC1(CCOC)CCC1. The zero-order chi connectivity index (χ0) is 16.6. The molecule has 0 aromatic carbocycles. The first-order valence-corrected chi connectivity index (χ1v) is 7.95. The fraction of sp³-hybridized carbons (Fsp3) is 0.875. The highest BCUT2D eigenvalue weighted by molar-refractivity contribution is 5.84. The smallest absolute Gasteiger partial charge is 0.325 e. The third-order valence-electron chi connectivity index (χ3n) is 3.93. The van der Waals surface area contributed by atoms with Gasteiger partial charge in [0.05, 0.1) is 0 Å². The third-order valence-corrected chi connectivity index (χ3v) is 3.93. The average Bonchev–Trinajstić information content (AvgIpc) is 2.38. The molecule has 0 aromatic heterocycles. The third kappa shape index (κ3) is 6.64. The molecule has 0 aromatic rings. The molecule has 128 valence electrons. The van der Waals surface area contributed by atoms with Crippen LogP contribution >= 0.6 is 0 Å². The number of ether oxygens (including phenoxy) is 2. The summed E-state index contributed by atoms with van der Waals surface area (Å²) in [6.45, 7) is 7.31. The molecule has 0 radical (unpaired) electrons. The number of carbonyl (C=O) groups excluding carboxylic acids is 1. The van der Waals surface area contributed by atoms with E-state index in [1.54, 1.807) is 14.2 Å². The van der Waals surface area contributed by atoms with Crippen molar-refractivity contribution in [1.82, 2.24) is 10.6 Å².